The van der Waals surface area contributed by atoms with Crippen LogP contribution < -0.4 is 10.2 Å². The zero-order valence-corrected chi connectivity index (χ0v) is 14.7. The Hall–Kier alpha value is -3.35. The average molecular weight is 368 g/mol. The van der Waals surface area contributed by atoms with Crippen molar-refractivity contribution in [2.24, 2.45) is 0 Å². The first-order valence-corrected chi connectivity index (χ1v) is 8.44. The van der Waals surface area contributed by atoms with Gasteiger partial charge in [0.2, 0.25) is 5.95 Å². The standard InChI is InChI=1S/C20H18F2N4O/c1-2-26(13-14-6-4-3-5-7-14)20-23-11-15(12-24-20)19(27)25-18-9-8-16(21)10-17(18)22/h3-12H,2,13H2,1H3,(H,25,27). The van der Waals surface area contributed by atoms with Crippen LogP contribution in [0.4, 0.5) is 20.4 Å². The molecule has 1 aromatic heterocycles. The van der Waals surface area contributed by atoms with Crippen molar-refractivity contribution >= 4 is 17.5 Å². The Kier molecular flexibility index (Phi) is 5.71. The molecule has 3 rings (SSSR count). The van der Waals surface area contributed by atoms with Crippen molar-refractivity contribution < 1.29 is 13.6 Å². The molecule has 0 aliphatic rings. The lowest BCUT2D eigenvalue weighted by Crippen LogP contribution is -2.24. The average Bonchev–Trinajstić information content (AvgIpc) is 2.69. The molecule has 1 N–H and O–H groups in total. The summed E-state index contributed by atoms with van der Waals surface area (Å²) in [5.74, 6) is -1.64. The van der Waals surface area contributed by atoms with Gasteiger partial charge in [-0.2, -0.15) is 0 Å². The molecule has 0 unspecified atom stereocenters. The van der Waals surface area contributed by atoms with Gasteiger partial charge in [-0.15, -0.1) is 0 Å². The van der Waals surface area contributed by atoms with E-state index in [1.807, 2.05) is 42.2 Å². The van der Waals surface area contributed by atoms with Gasteiger partial charge in [-0.25, -0.2) is 18.7 Å². The van der Waals surface area contributed by atoms with Crippen LogP contribution in [0.15, 0.2) is 60.9 Å². The van der Waals surface area contributed by atoms with Crippen LogP contribution in [0.1, 0.15) is 22.8 Å². The first kappa shape index (κ1) is 18.4. The van der Waals surface area contributed by atoms with Crippen molar-refractivity contribution in [1.82, 2.24) is 9.97 Å². The molecule has 0 saturated heterocycles. The minimum absolute atomic E-state index is 0.107. The zero-order valence-electron chi connectivity index (χ0n) is 14.7. The number of benzene rings is 2. The number of halogens is 2. The Balaban J connectivity index is 1.70. The largest absolute Gasteiger partial charge is 0.337 e. The van der Waals surface area contributed by atoms with Crippen LogP contribution in [-0.4, -0.2) is 22.4 Å². The molecule has 7 heteroatoms. The molecule has 2 aromatic carbocycles. The Morgan fingerprint density at radius 2 is 1.78 bits per heavy atom. The number of nitrogens with zero attached hydrogens (tertiary/aromatic N) is 3. The second-order valence-corrected chi connectivity index (χ2v) is 5.85. The van der Waals surface area contributed by atoms with Crippen molar-refractivity contribution in [3.63, 3.8) is 0 Å². The molecule has 0 fully saturated rings. The molecule has 138 valence electrons. The lowest BCUT2D eigenvalue weighted by Gasteiger charge is -2.20. The molecule has 1 amide bonds. The number of nitrogens with one attached hydrogen (secondary N) is 1. The van der Waals surface area contributed by atoms with Crippen LogP contribution >= 0.6 is 0 Å². The fourth-order valence-electron chi connectivity index (χ4n) is 2.51. The quantitative estimate of drug-likeness (QED) is 0.714. The van der Waals surface area contributed by atoms with Gasteiger partial charge in [0, 0.05) is 31.5 Å². The maximum atomic E-state index is 13.7. The minimum Gasteiger partial charge on any atom is -0.337 e. The van der Waals surface area contributed by atoms with Crippen molar-refractivity contribution in [1.29, 1.82) is 0 Å². The second-order valence-electron chi connectivity index (χ2n) is 5.85. The molecule has 0 aliphatic carbocycles. The summed E-state index contributed by atoms with van der Waals surface area (Å²) in [5.41, 5.74) is 1.19. The maximum Gasteiger partial charge on any atom is 0.258 e. The molecular formula is C20H18F2N4O. The van der Waals surface area contributed by atoms with Gasteiger partial charge in [0.05, 0.1) is 11.3 Å². The second kappa shape index (κ2) is 8.35. The molecule has 0 saturated carbocycles. The number of carbonyl (C=O) groups excluding carboxylic acids is 1. The summed E-state index contributed by atoms with van der Waals surface area (Å²) < 4.78 is 26.6. The highest BCUT2D eigenvalue weighted by Gasteiger charge is 2.13. The predicted octanol–water partition coefficient (Wildman–Crippen LogP) is 4.03. The van der Waals surface area contributed by atoms with E-state index in [4.69, 9.17) is 0 Å². The van der Waals surface area contributed by atoms with Crippen LogP contribution in [0.25, 0.3) is 0 Å². The van der Waals surface area contributed by atoms with Crippen LogP contribution in [0.5, 0.6) is 0 Å². The fraction of sp³-hybridized carbons (Fsp3) is 0.150. The summed E-state index contributed by atoms with van der Waals surface area (Å²) in [6.45, 7) is 3.33. The molecule has 5 nitrogen and oxygen atoms in total. The van der Waals surface area contributed by atoms with Gasteiger partial charge in [0.15, 0.2) is 0 Å². The maximum absolute atomic E-state index is 13.7. The van der Waals surface area contributed by atoms with Gasteiger partial charge in [-0.05, 0) is 24.6 Å². The lowest BCUT2D eigenvalue weighted by atomic mass is 10.2. The Morgan fingerprint density at radius 1 is 1.07 bits per heavy atom. The van der Waals surface area contributed by atoms with Gasteiger partial charge in [-0.1, -0.05) is 30.3 Å². The van der Waals surface area contributed by atoms with E-state index in [1.165, 1.54) is 12.4 Å². The third-order valence-corrected chi connectivity index (χ3v) is 3.96. The molecule has 3 aromatic rings. The van der Waals surface area contributed by atoms with Gasteiger partial charge in [0.25, 0.3) is 5.91 Å². The minimum atomic E-state index is -0.846. The Labute approximate surface area is 155 Å². The van der Waals surface area contributed by atoms with E-state index in [1.54, 1.807) is 0 Å². The third kappa shape index (κ3) is 4.63. The van der Waals surface area contributed by atoms with Crippen LogP contribution in [0, 0.1) is 11.6 Å². The number of amides is 1. The normalized spacial score (nSPS) is 10.5. The fourth-order valence-corrected chi connectivity index (χ4v) is 2.51. The summed E-state index contributed by atoms with van der Waals surface area (Å²) in [4.78, 5) is 22.7. The molecule has 0 radical (unpaired) electrons. The van der Waals surface area contributed by atoms with E-state index in [0.29, 0.717) is 25.1 Å². The lowest BCUT2D eigenvalue weighted by molar-refractivity contribution is 0.102. The smallest absolute Gasteiger partial charge is 0.258 e. The molecule has 27 heavy (non-hydrogen) atoms. The number of anilines is 2. The van der Waals surface area contributed by atoms with Crippen LogP contribution in [0.2, 0.25) is 0 Å². The molecule has 0 aliphatic heterocycles. The molecular weight excluding hydrogens is 350 g/mol. The topological polar surface area (TPSA) is 58.1 Å². The van der Waals surface area contributed by atoms with E-state index < -0.39 is 17.5 Å². The number of rotatable bonds is 6. The Bertz CT molecular complexity index is 917. The van der Waals surface area contributed by atoms with Crippen molar-refractivity contribution in [3.05, 3.63) is 83.7 Å². The third-order valence-electron chi connectivity index (χ3n) is 3.96. The number of hydrogen-bond donors (Lipinski definition) is 1. The molecule has 0 spiro atoms. The monoisotopic (exact) mass is 368 g/mol. The van der Waals surface area contributed by atoms with E-state index >= 15 is 0 Å². The van der Waals surface area contributed by atoms with Gasteiger partial charge < -0.3 is 10.2 Å². The van der Waals surface area contributed by atoms with Crippen molar-refractivity contribution in [2.45, 2.75) is 13.5 Å². The van der Waals surface area contributed by atoms with E-state index in [9.17, 15) is 13.6 Å². The van der Waals surface area contributed by atoms with E-state index in [2.05, 4.69) is 15.3 Å². The predicted molar refractivity (Wildman–Crippen MR) is 99.5 cm³/mol. The number of hydrogen-bond acceptors (Lipinski definition) is 4. The van der Waals surface area contributed by atoms with Gasteiger partial charge in [-0.3, -0.25) is 4.79 Å². The van der Waals surface area contributed by atoms with Crippen LogP contribution in [0.3, 0.4) is 0 Å². The number of aromatic nitrogens is 2. The first-order valence-electron chi connectivity index (χ1n) is 8.44. The van der Waals surface area contributed by atoms with Gasteiger partial charge in [0.1, 0.15) is 11.6 Å². The van der Waals surface area contributed by atoms with E-state index in [-0.39, 0.29) is 11.3 Å². The molecule has 1 heterocycles. The SMILES string of the molecule is CCN(Cc1ccccc1)c1ncc(C(=O)Nc2ccc(F)cc2F)cn1. The highest BCUT2D eigenvalue weighted by Crippen LogP contribution is 2.17. The van der Waals surface area contributed by atoms with Crippen LogP contribution in [-0.2, 0) is 6.54 Å². The summed E-state index contributed by atoms with van der Waals surface area (Å²) in [6, 6.07) is 12.9. The summed E-state index contributed by atoms with van der Waals surface area (Å²) >= 11 is 0. The number of carbonyl (C=O) groups is 1. The highest BCUT2D eigenvalue weighted by atomic mass is 19.1. The van der Waals surface area contributed by atoms with E-state index in [0.717, 1.165) is 17.7 Å². The molecule has 0 bridgehead atoms. The van der Waals surface area contributed by atoms with Gasteiger partial charge >= 0.3 is 0 Å². The summed E-state index contributed by atoms with van der Waals surface area (Å²) in [7, 11) is 0. The highest BCUT2D eigenvalue weighted by molar-refractivity contribution is 6.03. The zero-order chi connectivity index (χ0) is 19.2. The van der Waals surface area contributed by atoms with Crippen molar-refractivity contribution in [3.8, 4) is 0 Å². The molecule has 0 atom stereocenters. The van der Waals surface area contributed by atoms with Crippen molar-refractivity contribution in [2.75, 3.05) is 16.8 Å². The summed E-state index contributed by atoms with van der Waals surface area (Å²) in [6.07, 6.45) is 2.76. The Morgan fingerprint density at radius 3 is 2.41 bits per heavy atom. The summed E-state index contributed by atoms with van der Waals surface area (Å²) in [5, 5.41) is 2.38. The first-order chi connectivity index (χ1) is 13.1.